The van der Waals surface area contributed by atoms with Crippen LogP contribution >= 0.6 is 12.4 Å². The number of ether oxygens (including phenoxy) is 1. The summed E-state index contributed by atoms with van der Waals surface area (Å²) in [4.78, 5) is 4.44. The van der Waals surface area contributed by atoms with Crippen molar-refractivity contribution in [3.8, 4) is 5.75 Å². The van der Waals surface area contributed by atoms with Gasteiger partial charge in [0.15, 0.2) is 0 Å². The van der Waals surface area contributed by atoms with E-state index in [1.807, 2.05) is 13.1 Å². The zero-order chi connectivity index (χ0) is 20.3. The Kier molecular flexibility index (Phi) is 7.67. The van der Waals surface area contributed by atoms with E-state index in [1.165, 1.54) is 31.3 Å². The van der Waals surface area contributed by atoms with Crippen LogP contribution in [0.3, 0.4) is 0 Å². The van der Waals surface area contributed by atoms with Gasteiger partial charge in [-0.15, -0.1) is 12.4 Å². The number of hydrogen-bond donors (Lipinski definition) is 0. The van der Waals surface area contributed by atoms with Crippen molar-refractivity contribution in [1.82, 2.24) is 4.90 Å². The molecule has 0 saturated carbocycles. The van der Waals surface area contributed by atoms with Crippen molar-refractivity contribution >= 4 is 33.8 Å². The lowest BCUT2D eigenvalue weighted by Crippen LogP contribution is -2.44. The second-order valence-electron chi connectivity index (χ2n) is 6.61. The monoisotopic (exact) mass is 447 g/mol. The first-order valence-corrected chi connectivity index (χ1v) is 10.3. The average molecular weight is 448 g/mol. The predicted molar refractivity (Wildman–Crippen MR) is 112 cm³/mol. The molecule has 0 aliphatic carbocycles. The summed E-state index contributed by atoms with van der Waals surface area (Å²) in [6, 6.07) is 12.5. The van der Waals surface area contributed by atoms with E-state index in [4.69, 9.17) is 0 Å². The number of rotatable bonds is 6. The van der Waals surface area contributed by atoms with E-state index >= 15 is 0 Å². The molecule has 1 heterocycles. The number of hydrogen-bond acceptors (Lipinski definition) is 5. The van der Waals surface area contributed by atoms with Crippen molar-refractivity contribution in [3.63, 3.8) is 0 Å². The Labute approximate surface area is 176 Å². The molecular weight excluding hydrogens is 424 g/mol. The van der Waals surface area contributed by atoms with Crippen molar-refractivity contribution < 1.29 is 21.9 Å². The zero-order valence-corrected chi connectivity index (χ0v) is 17.8. The smallest absolute Gasteiger partial charge is 0.387 e. The Morgan fingerprint density at radius 3 is 2.34 bits per heavy atom. The molecule has 3 rings (SSSR count). The van der Waals surface area contributed by atoms with E-state index < -0.39 is 16.6 Å². The van der Waals surface area contributed by atoms with Gasteiger partial charge in [0.1, 0.15) is 5.75 Å². The number of nitrogens with zero attached hydrogens (tertiary/aromatic N) is 3. The van der Waals surface area contributed by atoms with Gasteiger partial charge in [0, 0.05) is 38.9 Å². The molecule has 1 fully saturated rings. The lowest BCUT2D eigenvalue weighted by molar-refractivity contribution is -0.0494. The van der Waals surface area contributed by atoms with Crippen LogP contribution in [0.2, 0.25) is 0 Å². The number of piperazine rings is 1. The molecule has 1 saturated heterocycles. The summed E-state index contributed by atoms with van der Waals surface area (Å²) in [7, 11) is -0.578. The van der Waals surface area contributed by atoms with E-state index in [-0.39, 0.29) is 28.7 Å². The average Bonchev–Trinajstić information content (AvgIpc) is 2.68. The van der Waals surface area contributed by atoms with Crippen molar-refractivity contribution in [2.75, 3.05) is 49.5 Å². The van der Waals surface area contributed by atoms with E-state index in [0.717, 1.165) is 36.2 Å². The highest BCUT2D eigenvalue weighted by Crippen LogP contribution is 2.33. The van der Waals surface area contributed by atoms with Crippen molar-refractivity contribution in [3.05, 3.63) is 48.5 Å². The van der Waals surface area contributed by atoms with Crippen molar-refractivity contribution in [2.24, 2.45) is 0 Å². The maximum Gasteiger partial charge on any atom is 0.387 e. The fourth-order valence-corrected chi connectivity index (χ4v) is 4.35. The number of para-hydroxylation sites is 2. The van der Waals surface area contributed by atoms with Crippen LogP contribution < -0.4 is 13.9 Å². The number of sulfonamides is 1. The molecule has 0 spiro atoms. The Bertz CT molecular complexity index is 922. The quantitative estimate of drug-likeness (QED) is 0.680. The second-order valence-corrected chi connectivity index (χ2v) is 8.58. The molecule has 160 valence electrons. The van der Waals surface area contributed by atoms with E-state index in [0.29, 0.717) is 0 Å². The predicted octanol–water partition coefficient (Wildman–Crippen LogP) is 3.29. The van der Waals surface area contributed by atoms with Gasteiger partial charge in [-0.05, 0) is 37.4 Å². The first kappa shape index (κ1) is 23.2. The van der Waals surface area contributed by atoms with Crippen LogP contribution in [0.1, 0.15) is 0 Å². The summed E-state index contributed by atoms with van der Waals surface area (Å²) < 4.78 is 57.0. The standard InChI is InChI=1S/C19H23F2N3O3S.ClH/c1-22-10-12-24(13-11-22)15-6-5-7-16(14-15)28(25,26)23(2)17-8-3-4-9-18(17)27-19(20)21;/h3-9,14,19H,10-13H2,1-2H3;1H. The van der Waals surface area contributed by atoms with Crippen LogP contribution in [-0.4, -0.2) is 60.2 Å². The minimum absolute atomic E-state index is 0. The summed E-state index contributed by atoms with van der Waals surface area (Å²) in [5.74, 6) is -0.196. The third-order valence-electron chi connectivity index (χ3n) is 4.77. The van der Waals surface area contributed by atoms with E-state index in [1.54, 1.807) is 18.2 Å². The first-order valence-electron chi connectivity index (χ1n) is 8.85. The molecule has 0 aromatic heterocycles. The maximum absolute atomic E-state index is 13.1. The Balaban J connectivity index is 0.00000300. The molecule has 2 aromatic rings. The van der Waals surface area contributed by atoms with Crippen molar-refractivity contribution in [2.45, 2.75) is 11.5 Å². The second kappa shape index (κ2) is 9.60. The van der Waals surface area contributed by atoms with Crippen LogP contribution in [0.15, 0.2) is 53.4 Å². The molecule has 1 aliphatic rings. The summed E-state index contributed by atoms with van der Waals surface area (Å²) in [5.41, 5.74) is 0.868. The molecule has 0 amide bonds. The molecule has 10 heteroatoms. The minimum atomic E-state index is -3.95. The third kappa shape index (κ3) is 5.29. The molecule has 0 unspecified atom stereocenters. The Hall–Kier alpha value is -2.10. The highest BCUT2D eigenvalue weighted by atomic mass is 35.5. The summed E-state index contributed by atoms with van der Waals surface area (Å²) in [6.07, 6.45) is 0. The summed E-state index contributed by atoms with van der Waals surface area (Å²) in [5, 5.41) is 0. The van der Waals surface area contributed by atoms with Gasteiger partial charge in [-0.1, -0.05) is 18.2 Å². The van der Waals surface area contributed by atoms with Gasteiger partial charge in [-0.3, -0.25) is 4.31 Å². The van der Waals surface area contributed by atoms with E-state index in [2.05, 4.69) is 14.5 Å². The van der Waals surface area contributed by atoms with Gasteiger partial charge < -0.3 is 14.5 Å². The van der Waals surface area contributed by atoms with Crippen LogP contribution in [0, 0.1) is 0 Å². The van der Waals surface area contributed by atoms with Gasteiger partial charge in [0.2, 0.25) is 0 Å². The number of anilines is 2. The molecular formula is C19H24ClF2N3O3S. The molecule has 2 aromatic carbocycles. The first-order chi connectivity index (χ1) is 13.3. The maximum atomic E-state index is 13.1. The topological polar surface area (TPSA) is 53.1 Å². The largest absolute Gasteiger partial charge is 0.433 e. The van der Waals surface area contributed by atoms with Gasteiger partial charge in [-0.2, -0.15) is 8.78 Å². The highest BCUT2D eigenvalue weighted by Gasteiger charge is 2.26. The normalized spacial score (nSPS) is 15.1. The molecule has 6 nitrogen and oxygen atoms in total. The van der Waals surface area contributed by atoms with Crippen LogP contribution in [0.25, 0.3) is 0 Å². The van der Waals surface area contributed by atoms with Gasteiger partial charge in [0.25, 0.3) is 10.0 Å². The minimum Gasteiger partial charge on any atom is -0.433 e. The number of benzene rings is 2. The van der Waals surface area contributed by atoms with E-state index in [9.17, 15) is 17.2 Å². The van der Waals surface area contributed by atoms with Gasteiger partial charge in [-0.25, -0.2) is 8.42 Å². The van der Waals surface area contributed by atoms with Gasteiger partial charge in [0.05, 0.1) is 10.6 Å². The molecule has 0 radical (unpaired) electrons. The SMILES string of the molecule is CN1CCN(c2cccc(S(=O)(=O)N(C)c3ccccc3OC(F)F)c2)CC1.Cl. The summed E-state index contributed by atoms with van der Waals surface area (Å²) >= 11 is 0. The van der Waals surface area contributed by atoms with Crippen LogP contribution in [0.5, 0.6) is 5.75 Å². The zero-order valence-electron chi connectivity index (χ0n) is 16.2. The Morgan fingerprint density at radius 2 is 1.69 bits per heavy atom. The molecule has 0 N–H and O–H groups in total. The molecule has 0 atom stereocenters. The van der Waals surface area contributed by atoms with Crippen LogP contribution in [-0.2, 0) is 10.0 Å². The lowest BCUT2D eigenvalue weighted by atomic mass is 10.2. The highest BCUT2D eigenvalue weighted by molar-refractivity contribution is 7.92. The van der Waals surface area contributed by atoms with Gasteiger partial charge >= 0.3 is 6.61 Å². The molecule has 1 aliphatic heterocycles. The van der Waals surface area contributed by atoms with Crippen LogP contribution in [0.4, 0.5) is 20.2 Å². The number of halogens is 3. The fraction of sp³-hybridized carbons (Fsp3) is 0.368. The molecule has 0 bridgehead atoms. The lowest BCUT2D eigenvalue weighted by Gasteiger charge is -2.34. The number of likely N-dealkylation sites (N-methyl/N-ethyl adjacent to an activating group) is 1. The van der Waals surface area contributed by atoms with Crippen molar-refractivity contribution in [1.29, 1.82) is 0 Å². The summed E-state index contributed by atoms with van der Waals surface area (Å²) in [6.45, 7) is 0.365. The third-order valence-corrected chi connectivity index (χ3v) is 6.53. The Morgan fingerprint density at radius 1 is 1.03 bits per heavy atom. The fourth-order valence-electron chi connectivity index (χ4n) is 3.11. The number of alkyl halides is 2. The molecule has 29 heavy (non-hydrogen) atoms.